The molecule has 2 heterocycles. The first-order valence-corrected chi connectivity index (χ1v) is 6.71. The number of aryl methyl sites for hydroxylation is 2. The lowest BCUT2D eigenvalue weighted by atomic mass is 10.1. The van der Waals surface area contributed by atoms with Gasteiger partial charge in [-0.25, -0.2) is 4.98 Å². The van der Waals surface area contributed by atoms with E-state index in [9.17, 15) is 0 Å². The highest BCUT2D eigenvalue weighted by Crippen LogP contribution is 2.31. The van der Waals surface area contributed by atoms with Crippen molar-refractivity contribution in [2.45, 2.75) is 41.2 Å². The number of furan rings is 1. The summed E-state index contributed by atoms with van der Waals surface area (Å²) >= 11 is 0. The van der Waals surface area contributed by atoms with E-state index in [0.29, 0.717) is 18.4 Å². The zero-order chi connectivity index (χ0) is 14.0. The fourth-order valence-corrected chi connectivity index (χ4v) is 2.13. The highest BCUT2D eigenvalue weighted by molar-refractivity contribution is 5.64. The Kier molecular flexibility index (Phi) is 4.10. The Morgan fingerprint density at radius 3 is 2.47 bits per heavy atom. The molecule has 0 aliphatic rings. The molecule has 2 aromatic rings. The predicted molar refractivity (Wildman–Crippen MR) is 75.0 cm³/mol. The van der Waals surface area contributed by atoms with Gasteiger partial charge in [-0.15, -0.1) is 0 Å². The average molecular weight is 262 g/mol. The maximum absolute atomic E-state index is 5.79. The molecule has 0 aliphatic heterocycles. The minimum Gasteiger partial charge on any atom is -0.466 e. The van der Waals surface area contributed by atoms with Gasteiger partial charge in [0.1, 0.15) is 11.5 Å². The number of nitrogens with zero attached hydrogens (tertiary/aromatic N) is 1. The average Bonchev–Trinajstić information content (AvgIpc) is 2.85. The second kappa shape index (κ2) is 5.61. The molecule has 2 rings (SSSR count). The van der Waals surface area contributed by atoms with Crippen LogP contribution in [0.25, 0.3) is 11.3 Å². The Morgan fingerprint density at radius 2 is 1.89 bits per heavy atom. The van der Waals surface area contributed by atoms with Crippen molar-refractivity contribution in [3.63, 3.8) is 0 Å². The standard InChI is InChI=1S/C15H22N2O2/c1-9(2)6-16-8-14-17-7-13(19-14)15-10(3)11(4)18-12(15)5/h7,9,16H,6,8H2,1-5H3. The number of oxazole rings is 1. The van der Waals surface area contributed by atoms with E-state index in [1.807, 2.05) is 20.8 Å². The summed E-state index contributed by atoms with van der Waals surface area (Å²) in [6.07, 6.45) is 1.77. The molecule has 0 spiro atoms. The summed E-state index contributed by atoms with van der Waals surface area (Å²) in [6, 6.07) is 0. The third kappa shape index (κ3) is 3.07. The molecule has 0 radical (unpaired) electrons. The topological polar surface area (TPSA) is 51.2 Å². The molecule has 104 valence electrons. The summed E-state index contributed by atoms with van der Waals surface area (Å²) in [6.45, 7) is 11.9. The highest BCUT2D eigenvalue weighted by Gasteiger charge is 2.17. The molecule has 0 amide bonds. The fourth-order valence-electron chi connectivity index (χ4n) is 2.13. The van der Waals surface area contributed by atoms with Crippen molar-refractivity contribution < 1.29 is 8.83 Å². The number of hydrogen-bond acceptors (Lipinski definition) is 4. The van der Waals surface area contributed by atoms with Gasteiger partial charge in [-0.1, -0.05) is 13.8 Å². The summed E-state index contributed by atoms with van der Waals surface area (Å²) in [5.74, 6) is 3.94. The van der Waals surface area contributed by atoms with Crippen LogP contribution < -0.4 is 5.32 Å². The Balaban J connectivity index is 2.12. The van der Waals surface area contributed by atoms with Crippen LogP contribution in [0.15, 0.2) is 15.0 Å². The van der Waals surface area contributed by atoms with Crippen LogP contribution in [0.2, 0.25) is 0 Å². The van der Waals surface area contributed by atoms with Crippen LogP contribution in [-0.2, 0) is 6.54 Å². The molecule has 4 heteroatoms. The van der Waals surface area contributed by atoms with E-state index in [-0.39, 0.29) is 0 Å². The summed E-state index contributed by atoms with van der Waals surface area (Å²) < 4.78 is 11.4. The zero-order valence-electron chi connectivity index (χ0n) is 12.3. The van der Waals surface area contributed by atoms with Crippen molar-refractivity contribution in [3.8, 4) is 11.3 Å². The summed E-state index contributed by atoms with van der Waals surface area (Å²) in [5.41, 5.74) is 2.15. The van der Waals surface area contributed by atoms with Crippen LogP contribution in [0.3, 0.4) is 0 Å². The van der Waals surface area contributed by atoms with E-state index in [1.165, 1.54) is 0 Å². The molecule has 4 nitrogen and oxygen atoms in total. The second-order valence-electron chi connectivity index (χ2n) is 5.36. The van der Waals surface area contributed by atoms with Gasteiger partial charge in [0.15, 0.2) is 5.76 Å². The van der Waals surface area contributed by atoms with Gasteiger partial charge in [0, 0.05) is 5.56 Å². The lowest BCUT2D eigenvalue weighted by Gasteiger charge is -2.04. The molecule has 2 aromatic heterocycles. The maximum atomic E-state index is 5.79. The lowest BCUT2D eigenvalue weighted by Crippen LogP contribution is -2.18. The van der Waals surface area contributed by atoms with Crippen LogP contribution in [0.1, 0.15) is 36.8 Å². The van der Waals surface area contributed by atoms with Crippen LogP contribution >= 0.6 is 0 Å². The third-order valence-corrected chi connectivity index (χ3v) is 3.19. The molecular weight excluding hydrogens is 240 g/mol. The first-order valence-electron chi connectivity index (χ1n) is 6.71. The Hall–Kier alpha value is -1.55. The molecule has 19 heavy (non-hydrogen) atoms. The molecule has 0 aromatic carbocycles. The molecule has 0 atom stereocenters. The minimum absolute atomic E-state index is 0.621. The Morgan fingerprint density at radius 1 is 1.16 bits per heavy atom. The van der Waals surface area contributed by atoms with Gasteiger partial charge < -0.3 is 14.2 Å². The smallest absolute Gasteiger partial charge is 0.208 e. The zero-order valence-corrected chi connectivity index (χ0v) is 12.3. The molecule has 0 saturated heterocycles. The van der Waals surface area contributed by atoms with Crippen molar-refractivity contribution in [1.82, 2.24) is 10.3 Å². The van der Waals surface area contributed by atoms with Gasteiger partial charge in [0.25, 0.3) is 0 Å². The number of aromatic nitrogens is 1. The SMILES string of the molecule is Cc1oc(C)c(-c2cnc(CNCC(C)C)o2)c1C. The Bertz CT molecular complexity index is 552. The quantitative estimate of drug-likeness (QED) is 0.894. The molecule has 0 unspecified atom stereocenters. The van der Waals surface area contributed by atoms with E-state index < -0.39 is 0 Å². The third-order valence-electron chi connectivity index (χ3n) is 3.19. The summed E-state index contributed by atoms with van der Waals surface area (Å²) in [7, 11) is 0. The van der Waals surface area contributed by atoms with E-state index >= 15 is 0 Å². The van der Waals surface area contributed by atoms with Crippen molar-refractivity contribution in [3.05, 3.63) is 29.2 Å². The highest BCUT2D eigenvalue weighted by atomic mass is 16.4. The van der Waals surface area contributed by atoms with Gasteiger partial charge in [-0.3, -0.25) is 0 Å². The summed E-state index contributed by atoms with van der Waals surface area (Å²) in [4.78, 5) is 4.31. The van der Waals surface area contributed by atoms with Gasteiger partial charge in [-0.05, 0) is 33.2 Å². The molecule has 0 saturated carbocycles. The molecule has 0 bridgehead atoms. The number of rotatable bonds is 5. The van der Waals surface area contributed by atoms with Crippen LogP contribution in [0.5, 0.6) is 0 Å². The lowest BCUT2D eigenvalue weighted by molar-refractivity contribution is 0.457. The van der Waals surface area contributed by atoms with Gasteiger partial charge >= 0.3 is 0 Å². The largest absolute Gasteiger partial charge is 0.466 e. The van der Waals surface area contributed by atoms with Crippen molar-refractivity contribution in [2.24, 2.45) is 5.92 Å². The molecule has 0 aliphatic carbocycles. The van der Waals surface area contributed by atoms with Crippen LogP contribution in [0, 0.1) is 26.7 Å². The first-order chi connectivity index (χ1) is 8.99. The van der Waals surface area contributed by atoms with Gasteiger partial charge in [-0.2, -0.15) is 0 Å². The number of hydrogen-bond donors (Lipinski definition) is 1. The van der Waals surface area contributed by atoms with Crippen LogP contribution in [0.4, 0.5) is 0 Å². The second-order valence-corrected chi connectivity index (χ2v) is 5.36. The maximum Gasteiger partial charge on any atom is 0.208 e. The fraction of sp³-hybridized carbons (Fsp3) is 0.533. The van der Waals surface area contributed by atoms with E-state index in [4.69, 9.17) is 8.83 Å². The van der Waals surface area contributed by atoms with Gasteiger partial charge in [0.05, 0.1) is 18.3 Å². The molecular formula is C15H22N2O2. The van der Waals surface area contributed by atoms with E-state index in [0.717, 1.165) is 35.0 Å². The van der Waals surface area contributed by atoms with Crippen molar-refractivity contribution >= 4 is 0 Å². The van der Waals surface area contributed by atoms with E-state index in [1.54, 1.807) is 6.20 Å². The molecule has 0 fully saturated rings. The van der Waals surface area contributed by atoms with Crippen molar-refractivity contribution in [1.29, 1.82) is 0 Å². The van der Waals surface area contributed by atoms with Crippen LogP contribution in [-0.4, -0.2) is 11.5 Å². The number of nitrogens with one attached hydrogen (secondary N) is 1. The minimum atomic E-state index is 0.621. The van der Waals surface area contributed by atoms with E-state index in [2.05, 4.69) is 24.1 Å². The molecule has 1 N–H and O–H groups in total. The summed E-state index contributed by atoms with van der Waals surface area (Å²) in [5, 5.41) is 3.32. The van der Waals surface area contributed by atoms with Gasteiger partial charge in [0.2, 0.25) is 5.89 Å². The normalized spacial score (nSPS) is 11.5. The first kappa shape index (κ1) is 13.9. The monoisotopic (exact) mass is 262 g/mol. The van der Waals surface area contributed by atoms with Crippen molar-refractivity contribution in [2.75, 3.05) is 6.54 Å². The Labute approximate surface area is 114 Å². The predicted octanol–water partition coefficient (Wildman–Crippen LogP) is 3.61.